The van der Waals surface area contributed by atoms with Gasteiger partial charge in [0.2, 0.25) is 0 Å². The zero-order valence-electron chi connectivity index (χ0n) is 10.9. The minimum atomic E-state index is -4.69. The number of hydrogen-bond acceptors (Lipinski definition) is 2. The van der Waals surface area contributed by atoms with Gasteiger partial charge in [-0.1, -0.05) is 29.8 Å². The lowest BCUT2D eigenvalue weighted by molar-refractivity contribution is -0.274. The molecule has 0 spiro atoms. The van der Waals surface area contributed by atoms with Crippen molar-refractivity contribution in [3.05, 3.63) is 22.7 Å². The predicted octanol–water partition coefficient (Wildman–Crippen LogP) is 5.20. The van der Waals surface area contributed by atoms with Gasteiger partial charge < -0.3 is 10.1 Å². The van der Waals surface area contributed by atoms with E-state index >= 15 is 0 Å². The second-order valence-corrected chi connectivity index (χ2v) is 5.57. The maximum atomic E-state index is 12.3. The SMILES string of the molecule is CC(C)CCCNc1ccc(Br)cc1OC(F)(F)F. The molecule has 1 N–H and O–H groups in total. The Bertz CT molecular complexity index is 407. The van der Waals surface area contributed by atoms with Gasteiger partial charge in [-0.3, -0.25) is 0 Å². The fraction of sp³-hybridized carbons (Fsp3) is 0.538. The van der Waals surface area contributed by atoms with Gasteiger partial charge in [-0.15, -0.1) is 13.2 Å². The van der Waals surface area contributed by atoms with Crippen LogP contribution in [0.3, 0.4) is 0 Å². The third-order valence-corrected chi connectivity index (χ3v) is 2.94. The Kier molecular flexibility index (Phi) is 5.97. The minimum absolute atomic E-state index is 0.216. The molecule has 0 radical (unpaired) electrons. The predicted molar refractivity (Wildman–Crippen MR) is 73.4 cm³/mol. The first-order valence-electron chi connectivity index (χ1n) is 6.07. The molecule has 0 bridgehead atoms. The number of anilines is 1. The van der Waals surface area contributed by atoms with Crippen molar-refractivity contribution in [2.75, 3.05) is 11.9 Å². The maximum absolute atomic E-state index is 12.3. The second kappa shape index (κ2) is 7.03. The van der Waals surface area contributed by atoms with E-state index < -0.39 is 6.36 Å². The van der Waals surface area contributed by atoms with E-state index in [0.717, 1.165) is 12.8 Å². The lowest BCUT2D eigenvalue weighted by Gasteiger charge is -2.15. The number of ether oxygens (including phenoxy) is 1. The first kappa shape index (κ1) is 16.1. The zero-order chi connectivity index (χ0) is 14.5. The molecular formula is C13H17BrF3NO. The monoisotopic (exact) mass is 339 g/mol. The Hall–Kier alpha value is -0.910. The maximum Gasteiger partial charge on any atom is 0.573 e. The van der Waals surface area contributed by atoms with E-state index in [4.69, 9.17) is 0 Å². The van der Waals surface area contributed by atoms with Gasteiger partial charge in [0.05, 0.1) is 5.69 Å². The van der Waals surface area contributed by atoms with E-state index in [-0.39, 0.29) is 5.75 Å². The van der Waals surface area contributed by atoms with Crippen molar-refractivity contribution in [3.8, 4) is 5.75 Å². The normalized spacial score (nSPS) is 11.7. The van der Waals surface area contributed by atoms with E-state index in [2.05, 4.69) is 39.8 Å². The molecule has 0 unspecified atom stereocenters. The Balaban J connectivity index is 2.66. The van der Waals surface area contributed by atoms with Gasteiger partial charge in [0.15, 0.2) is 5.75 Å². The molecule has 2 nitrogen and oxygen atoms in total. The summed E-state index contributed by atoms with van der Waals surface area (Å²) in [5.41, 5.74) is 0.351. The highest BCUT2D eigenvalue weighted by atomic mass is 79.9. The molecule has 0 saturated heterocycles. The summed E-state index contributed by atoms with van der Waals surface area (Å²) in [6.45, 7) is 4.84. The summed E-state index contributed by atoms with van der Waals surface area (Å²) in [5.74, 6) is 0.365. The van der Waals surface area contributed by atoms with Crippen LogP contribution in [0, 0.1) is 5.92 Å². The van der Waals surface area contributed by atoms with Crippen LogP contribution in [0.5, 0.6) is 5.75 Å². The smallest absolute Gasteiger partial charge is 0.404 e. The van der Waals surface area contributed by atoms with Crippen molar-refractivity contribution < 1.29 is 17.9 Å². The molecule has 0 fully saturated rings. The van der Waals surface area contributed by atoms with Crippen LogP contribution in [0.25, 0.3) is 0 Å². The molecule has 0 aliphatic carbocycles. The van der Waals surface area contributed by atoms with Crippen LogP contribution in [0.2, 0.25) is 0 Å². The molecule has 1 rings (SSSR count). The molecule has 0 saturated carbocycles. The van der Waals surface area contributed by atoms with E-state index in [0.29, 0.717) is 22.6 Å². The molecular weight excluding hydrogens is 323 g/mol. The van der Waals surface area contributed by atoms with Gasteiger partial charge in [0.25, 0.3) is 0 Å². The summed E-state index contributed by atoms with van der Waals surface area (Å²) in [6, 6.07) is 4.55. The van der Waals surface area contributed by atoms with Crippen LogP contribution in [0.1, 0.15) is 26.7 Å². The van der Waals surface area contributed by atoms with Crippen molar-refractivity contribution in [1.29, 1.82) is 0 Å². The van der Waals surface area contributed by atoms with Gasteiger partial charge >= 0.3 is 6.36 Å². The highest BCUT2D eigenvalue weighted by Gasteiger charge is 2.32. The molecule has 6 heteroatoms. The third-order valence-electron chi connectivity index (χ3n) is 2.44. The zero-order valence-corrected chi connectivity index (χ0v) is 12.4. The van der Waals surface area contributed by atoms with Crippen LogP contribution in [-0.4, -0.2) is 12.9 Å². The molecule has 1 aromatic rings. The molecule has 0 aliphatic rings. The van der Waals surface area contributed by atoms with E-state index in [9.17, 15) is 13.2 Å². The summed E-state index contributed by atoms with van der Waals surface area (Å²) < 4.78 is 41.4. The number of benzene rings is 1. The molecule has 0 aliphatic heterocycles. The van der Waals surface area contributed by atoms with Gasteiger partial charge in [0, 0.05) is 11.0 Å². The summed E-state index contributed by atoms with van der Waals surface area (Å²) in [4.78, 5) is 0. The molecule has 19 heavy (non-hydrogen) atoms. The fourth-order valence-electron chi connectivity index (χ4n) is 1.58. The number of hydrogen-bond donors (Lipinski definition) is 1. The van der Waals surface area contributed by atoms with Crippen LogP contribution < -0.4 is 10.1 Å². The third kappa shape index (κ3) is 6.71. The molecule has 1 aromatic carbocycles. The van der Waals surface area contributed by atoms with E-state index in [1.54, 1.807) is 12.1 Å². The number of alkyl halides is 3. The van der Waals surface area contributed by atoms with Crippen molar-refractivity contribution in [2.45, 2.75) is 33.1 Å². The Morgan fingerprint density at radius 1 is 1.32 bits per heavy atom. The number of halogens is 4. The van der Waals surface area contributed by atoms with Crippen LogP contribution in [0.4, 0.5) is 18.9 Å². The van der Waals surface area contributed by atoms with Gasteiger partial charge in [-0.2, -0.15) is 0 Å². The highest BCUT2D eigenvalue weighted by Crippen LogP contribution is 2.32. The summed E-state index contributed by atoms with van der Waals surface area (Å²) in [6.07, 6.45) is -2.76. The Morgan fingerprint density at radius 2 is 2.00 bits per heavy atom. The molecule has 0 aromatic heterocycles. The van der Waals surface area contributed by atoms with Gasteiger partial charge in [-0.05, 0) is 37.0 Å². The number of rotatable bonds is 6. The van der Waals surface area contributed by atoms with Crippen molar-refractivity contribution in [2.24, 2.45) is 5.92 Å². The van der Waals surface area contributed by atoms with Gasteiger partial charge in [-0.25, -0.2) is 0 Å². The largest absolute Gasteiger partial charge is 0.573 e. The summed E-state index contributed by atoms with van der Waals surface area (Å²) in [7, 11) is 0. The summed E-state index contributed by atoms with van der Waals surface area (Å²) in [5, 5.41) is 2.97. The lowest BCUT2D eigenvalue weighted by atomic mass is 10.1. The first-order chi connectivity index (χ1) is 8.78. The first-order valence-corrected chi connectivity index (χ1v) is 6.86. The average Bonchev–Trinajstić information content (AvgIpc) is 2.24. The quantitative estimate of drug-likeness (QED) is 0.719. The topological polar surface area (TPSA) is 21.3 Å². The Labute approximate surface area is 119 Å². The highest BCUT2D eigenvalue weighted by molar-refractivity contribution is 9.10. The van der Waals surface area contributed by atoms with E-state index in [1.807, 2.05) is 0 Å². The van der Waals surface area contributed by atoms with E-state index in [1.165, 1.54) is 6.07 Å². The summed E-state index contributed by atoms with van der Waals surface area (Å²) >= 11 is 3.13. The molecule has 0 atom stereocenters. The molecule has 0 amide bonds. The lowest BCUT2D eigenvalue weighted by Crippen LogP contribution is -2.18. The van der Waals surface area contributed by atoms with Crippen LogP contribution in [0.15, 0.2) is 22.7 Å². The standard InChI is InChI=1S/C13H17BrF3NO/c1-9(2)4-3-7-18-11-6-5-10(14)8-12(11)19-13(15,16)17/h5-6,8-9,18H,3-4,7H2,1-2H3. The van der Waals surface area contributed by atoms with Crippen molar-refractivity contribution >= 4 is 21.6 Å². The minimum Gasteiger partial charge on any atom is -0.404 e. The molecule has 0 heterocycles. The Morgan fingerprint density at radius 3 is 2.58 bits per heavy atom. The average molecular weight is 340 g/mol. The molecule has 108 valence electrons. The van der Waals surface area contributed by atoms with Crippen molar-refractivity contribution in [1.82, 2.24) is 0 Å². The fourth-order valence-corrected chi connectivity index (χ4v) is 1.92. The second-order valence-electron chi connectivity index (χ2n) is 4.65. The number of nitrogens with one attached hydrogen (secondary N) is 1. The van der Waals surface area contributed by atoms with Crippen molar-refractivity contribution in [3.63, 3.8) is 0 Å². The van der Waals surface area contributed by atoms with Gasteiger partial charge in [0.1, 0.15) is 0 Å². The van der Waals surface area contributed by atoms with Crippen LogP contribution >= 0.6 is 15.9 Å². The van der Waals surface area contributed by atoms with Crippen LogP contribution in [-0.2, 0) is 0 Å².